The minimum atomic E-state index is 0.203. The van der Waals surface area contributed by atoms with Gasteiger partial charge in [-0.15, -0.1) is 0 Å². The number of nitriles is 1. The molecule has 0 aliphatic rings. The summed E-state index contributed by atoms with van der Waals surface area (Å²) in [5.41, 5.74) is 0.295. The molecule has 0 aliphatic heterocycles. The van der Waals surface area contributed by atoms with Crippen molar-refractivity contribution < 1.29 is 4.74 Å². The SMILES string of the molecule is C=CCOc1nccc(C#N)n1. The topological polar surface area (TPSA) is 58.8 Å². The fourth-order valence-electron chi connectivity index (χ4n) is 0.606. The summed E-state index contributed by atoms with van der Waals surface area (Å²) in [5.74, 6) is 0. The average molecular weight is 161 g/mol. The van der Waals surface area contributed by atoms with Crippen molar-refractivity contribution in [2.75, 3.05) is 6.61 Å². The van der Waals surface area contributed by atoms with Gasteiger partial charge in [0.1, 0.15) is 18.4 Å². The first-order valence-corrected chi connectivity index (χ1v) is 3.33. The van der Waals surface area contributed by atoms with E-state index in [1.165, 1.54) is 12.3 Å². The van der Waals surface area contributed by atoms with Crippen LogP contribution < -0.4 is 4.74 Å². The molecule has 0 amide bonds. The minimum absolute atomic E-state index is 0.203. The van der Waals surface area contributed by atoms with Gasteiger partial charge >= 0.3 is 6.01 Å². The second-order valence-corrected chi connectivity index (χ2v) is 1.94. The lowest BCUT2D eigenvalue weighted by molar-refractivity contribution is 0.333. The zero-order valence-electron chi connectivity index (χ0n) is 6.40. The van der Waals surface area contributed by atoms with Crippen LogP contribution >= 0.6 is 0 Å². The van der Waals surface area contributed by atoms with Crippen LogP contribution in [0.25, 0.3) is 0 Å². The van der Waals surface area contributed by atoms with E-state index in [2.05, 4.69) is 16.5 Å². The summed E-state index contributed by atoms with van der Waals surface area (Å²) in [4.78, 5) is 7.58. The summed E-state index contributed by atoms with van der Waals surface area (Å²) < 4.78 is 5.01. The molecule has 0 N–H and O–H groups in total. The Bertz CT molecular complexity index is 316. The highest BCUT2D eigenvalue weighted by Crippen LogP contribution is 2.01. The summed E-state index contributed by atoms with van der Waals surface area (Å²) in [6.45, 7) is 3.81. The highest BCUT2D eigenvalue weighted by Gasteiger charge is 1.96. The summed E-state index contributed by atoms with van der Waals surface area (Å²) in [5, 5.41) is 8.47. The third-order valence-corrected chi connectivity index (χ3v) is 1.08. The second kappa shape index (κ2) is 4.09. The Kier molecular flexibility index (Phi) is 2.79. The number of rotatable bonds is 3. The van der Waals surface area contributed by atoms with Gasteiger partial charge in [-0.3, -0.25) is 0 Å². The fraction of sp³-hybridized carbons (Fsp3) is 0.125. The Balaban J connectivity index is 2.74. The molecule has 0 atom stereocenters. The van der Waals surface area contributed by atoms with E-state index in [4.69, 9.17) is 10.00 Å². The Morgan fingerprint density at radius 3 is 3.25 bits per heavy atom. The number of aromatic nitrogens is 2. The lowest BCUT2D eigenvalue weighted by atomic mass is 10.4. The second-order valence-electron chi connectivity index (χ2n) is 1.94. The van der Waals surface area contributed by atoms with Crippen molar-refractivity contribution in [2.24, 2.45) is 0 Å². The fourth-order valence-corrected chi connectivity index (χ4v) is 0.606. The number of ether oxygens (including phenoxy) is 1. The first-order valence-electron chi connectivity index (χ1n) is 3.33. The van der Waals surface area contributed by atoms with Crippen molar-refractivity contribution >= 4 is 0 Å². The molecule has 0 unspecified atom stereocenters. The van der Waals surface area contributed by atoms with E-state index < -0.39 is 0 Å². The van der Waals surface area contributed by atoms with E-state index in [-0.39, 0.29) is 6.01 Å². The van der Waals surface area contributed by atoms with Gasteiger partial charge in [0.15, 0.2) is 0 Å². The third-order valence-electron chi connectivity index (χ3n) is 1.08. The maximum absolute atomic E-state index is 8.47. The van der Waals surface area contributed by atoms with Crippen molar-refractivity contribution in [3.63, 3.8) is 0 Å². The molecule has 0 aliphatic carbocycles. The molecular formula is C8H7N3O. The molecule has 4 nitrogen and oxygen atoms in total. The molecule has 0 bridgehead atoms. The summed E-state index contributed by atoms with van der Waals surface area (Å²) in [6, 6.07) is 3.60. The number of hydrogen-bond acceptors (Lipinski definition) is 4. The molecule has 0 spiro atoms. The van der Waals surface area contributed by atoms with Crippen molar-refractivity contribution in [3.05, 3.63) is 30.6 Å². The largest absolute Gasteiger partial charge is 0.459 e. The Labute approximate surface area is 70.1 Å². The quantitative estimate of drug-likeness (QED) is 0.618. The molecule has 0 saturated carbocycles. The molecule has 0 saturated heterocycles. The molecule has 4 heteroatoms. The van der Waals surface area contributed by atoms with Crippen LogP contribution in [0.15, 0.2) is 24.9 Å². The standard InChI is InChI=1S/C8H7N3O/c1-2-5-12-8-10-4-3-7(6-9)11-8/h2-4H,1,5H2. The molecule has 1 aromatic rings. The predicted octanol–water partition coefficient (Wildman–Crippen LogP) is 0.913. The molecule has 0 aromatic carbocycles. The van der Waals surface area contributed by atoms with Crippen molar-refractivity contribution in [3.8, 4) is 12.1 Å². The molecule has 0 radical (unpaired) electrons. The Morgan fingerprint density at radius 1 is 1.75 bits per heavy atom. The highest BCUT2D eigenvalue weighted by atomic mass is 16.5. The van der Waals surface area contributed by atoms with Crippen LogP contribution in [0.3, 0.4) is 0 Å². The van der Waals surface area contributed by atoms with Crippen LogP contribution in [0.2, 0.25) is 0 Å². The molecule has 12 heavy (non-hydrogen) atoms. The lowest BCUT2D eigenvalue weighted by Crippen LogP contribution is -1.98. The van der Waals surface area contributed by atoms with Crippen LogP contribution in [0.4, 0.5) is 0 Å². The summed E-state index contributed by atoms with van der Waals surface area (Å²) in [6.07, 6.45) is 3.06. The normalized spacial score (nSPS) is 8.58. The summed E-state index contributed by atoms with van der Waals surface area (Å²) >= 11 is 0. The van der Waals surface area contributed by atoms with Crippen LogP contribution in [-0.4, -0.2) is 16.6 Å². The zero-order valence-corrected chi connectivity index (χ0v) is 6.40. The maximum Gasteiger partial charge on any atom is 0.317 e. The van der Waals surface area contributed by atoms with E-state index in [0.717, 1.165) is 0 Å². The van der Waals surface area contributed by atoms with Crippen molar-refractivity contribution in [1.29, 1.82) is 5.26 Å². The first-order chi connectivity index (χ1) is 5.86. The smallest absolute Gasteiger partial charge is 0.317 e. The lowest BCUT2D eigenvalue weighted by Gasteiger charge is -1.98. The average Bonchev–Trinajstić information content (AvgIpc) is 2.15. The van der Waals surface area contributed by atoms with Gasteiger partial charge in [0.25, 0.3) is 0 Å². The molecule has 1 aromatic heterocycles. The number of hydrogen-bond donors (Lipinski definition) is 0. The van der Waals surface area contributed by atoms with Gasteiger partial charge in [-0.1, -0.05) is 12.7 Å². The van der Waals surface area contributed by atoms with Gasteiger partial charge < -0.3 is 4.74 Å². The van der Waals surface area contributed by atoms with Gasteiger partial charge in [-0.2, -0.15) is 10.2 Å². The van der Waals surface area contributed by atoms with Crippen LogP contribution in [0, 0.1) is 11.3 Å². The van der Waals surface area contributed by atoms with Gasteiger partial charge in [-0.05, 0) is 6.07 Å². The van der Waals surface area contributed by atoms with E-state index in [1.54, 1.807) is 6.08 Å². The molecule has 60 valence electrons. The van der Waals surface area contributed by atoms with Gasteiger partial charge in [-0.25, -0.2) is 4.98 Å². The predicted molar refractivity (Wildman–Crippen MR) is 42.4 cm³/mol. The van der Waals surface area contributed by atoms with Gasteiger partial charge in [0.2, 0.25) is 0 Å². The Hall–Kier alpha value is -1.89. The van der Waals surface area contributed by atoms with Crippen LogP contribution in [0.1, 0.15) is 5.69 Å². The maximum atomic E-state index is 8.47. The first kappa shape index (κ1) is 8.21. The van der Waals surface area contributed by atoms with E-state index in [0.29, 0.717) is 12.3 Å². The monoisotopic (exact) mass is 161 g/mol. The highest BCUT2D eigenvalue weighted by molar-refractivity contribution is 5.19. The minimum Gasteiger partial charge on any atom is -0.459 e. The van der Waals surface area contributed by atoms with E-state index >= 15 is 0 Å². The van der Waals surface area contributed by atoms with Crippen LogP contribution in [-0.2, 0) is 0 Å². The summed E-state index contributed by atoms with van der Waals surface area (Å²) in [7, 11) is 0. The van der Waals surface area contributed by atoms with Gasteiger partial charge in [0, 0.05) is 6.20 Å². The van der Waals surface area contributed by atoms with Crippen LogP contribution in [0.5, 0.6) is 6.01 Å². The zero-order chi connectivity index (χ0) is 8.81. The molecule has 1 rings (SSSR count). The molecule has 1 heterocycles. The van der Waals surface area contributed by atoms with Crippen molar-refractivity contribution in [1.82, 2.24) is 9.97 Å². The van der Waals surface area contributed by atoms with Gasteiger partial charge in [0.05, 0.1) is 0 Å². The third kappa shape index (κ3) is 2.06. The van der Waals surface area contributed by atoms with Crippen molar-refractivity contribution in [2.45, 2.75) is 0 Å². The molecule has 0 fully saturated rings. The van der Waals surface area contributed by atoms with E-state index in [9.17, 15) is 0 Å². The number of nitrogens with zero attached hydrogens (tertiary/aromatic N) is 3. The van der Waals surface area contributed by atoms with E-state index in [1.807, 2.05) is 6.07 Å². The Morgan fingerprint density at radius 2 is 2.58 bits per heavy atom. The molecular weight excluding hydrogens is 154 g/mol.